The third-order valence-electron chi connectivity index (χ3n) is 4.45. The van der Waals surface area contributed by atoms with Gasteiger partial charge in [0.05, 0.1) is 11.5 Å². The van der Waals surface area contributed by atoms with Gasteiger partial charge < -0.3 is 4.74 Å². The average molecular weight is 434 g/mol. The predicted molar refractivity (Wildman–Crippen MR) is 113 cm³/mol. The predicted octanol–water partition coefficient (Wildman–Crippen LogP) is 2.08. The average Bonchev–Trinajstić information content (AvgIpc) is 2.77. The quantitative estimate of drug-likeness (QED) is 0.589. The molecule has 2 aromatic rings. The van der Waals surface area contributed by atoms with Gasteiger partial charge in [0.1, 0.15) is 6.10 Å². The van der Waals surface area contributed by atoms with Crippen LogP contribution < -0.4 is 10.9 Å². The van der Waals surface area contributed by atoms with Crippen LogP contribution in [0.3, 0.4) is 0 Å². The molecule has 9 heteroatoms. The minimum absolute atomic E-state index is 0.0183. The van der Waals surface area contributed by atoms with E-state index < -0.39 is 27.9 Å². The van der Waals surface area contributed by atoms with E-state index in [-0.39, 0.29) is 17.1 Å². The molecule has 0 saturated carbocycles. The van der Waals surface area contributed by atoms with Crippen molar-refractivity contribution in [3.63, 3.8) is 0 Å². The summed E-state index contributed by atoms with van der Waals surface area (Å²) in [5, 5.41) is 0. The molecule has 0 radical (unpaired) electrons. The van der Waals surface area contributed by atoms with Crippen LogP contribution in [0.2, 0.25) is 0 Å². The number of hydrazine groups is 1. The molecule has 1 unspecified atom stereocenters. The SMILES string of the molecule is CCN(CC)S(=O)(=O)c1cccc(C(=O)NNC(=O)C(C)OCc2ccccc2)c1. The Kier molecular flexibility index (Phi) is 8.52. The molecule has 2 amide bonds. The van der Waals surface area contributed by atoms with Gasteiger partial charge in [-0.3, -0.25) is 20.4 Å². The summed E-state index contributed by atoms with van der Waals surface area (Å²) >= 11 is 0. The number of benzene rings is 2. The molecule has 8 nitrogen and oxygen atoms in total. The summed E-state index contributed by atoms with van der Waals surface area (Å²) in [6.07, 6.45) is -0.792. The minimum Gasteiger partial charge on any atom is -0.364 e. The summed E-state index contributed by atoms with van der Waals surface area (Å²) in [4.78, 5) is 24.5. The van der Waals surface area contributed by atoms with Crippen LogP contribution >= 0.6 is 0 Å². The lowest BCUT2D eigenvalue weighted by molar-refractivity contribution is -0.133. The van der Waals surface area contributed by atoms with E-state index in [4.69, 9.17) is 4.74 Å². The van der Waals surface area contributed by atoms with Gasteiger partial charge in [-0.2, -0.15) is 4.31 Å². The third-order valence-corrected chi connectivity index (χ3v) is 6.50. The van der Waals surface area contributed by atoms with Crippen LogP contribution in [0.1, 0.15) is 36.7 Å². The van der Waals surface area contributed by atoms with Crippen LogP contribution in [0.15, 0.2) is 59.5 Å². The van der Waals surface area contributed by atoms with Crippen molar-refractivity contribution in [2.75, 3.05) is 13.1 Å². The fraction of sp³-hybridized carbons (Fsp3) is 0.333. The van der Waals surface area contributed by atoms with Crippen molar-refractivity contribution in [3.8, 4) is 0 Å². The monoisotopic (exact) mass is 433 g/mol. The van der Waals surface area contributed by atoms with Crippen LogP contribution in [-0.4, -0.2) is 43.7 Å². The number of amides is 2. The Labute approximate surface area is 177 Å². The van der Waals surface area contributed by atoms with Gasteiger partial charge in [0.25, 0.3) is 11.8 Å². The second-order valence-corrected chi connectivity index (χ2v) is 8.44. The van der Waals surface area contributed by atoms with E-state index in [2.05, 4.69) is 10.9 Å². The molecular weight excluding hydrogens is 406 g/mol. The molecule has 0 saturated heterocycles. The molecule has 1 atom stereocenters. The van der Waals surface area contributed by atoms with E-state index >= 15 is 0 Å². The largest absolute Gasteiger partial charge is 0.364 e. The van der Waals surface area contributed by atoms with Crippen molar-refractivity contribution < 1.29 is 22.7 Å². The van der Waals surface area contributed by atoms with Crippen LogP contribution in [0.5, 0.6) is 0 Å². The van der Waals surface area contributed by atoms with E-state index in [0.29, 0.717) is 13.1 Å². The number of hydrogen-bond acceptors (Lipinski definition) is 5. The maximum Gasteiger partial charge on any atom is 0.269 e. The molecule has 0 aliphatic heterocycles. The second-order valence-electron chi connectivity index (χ2n) is 6.50. The molecule has 0 heterocycles. The lowest BCUT2D eigenvalue weighted by Crippen LogP contribution is -2.46. The molecule has 30 heavy (non-hydrogen) atoms. The fourth-order valence-corrected chi connectivity index (χ4v) is 4.18. The molecule has 2 N–H and O–H groups in total. The number of carbonyl (C=O) groups is 2. The first-order chi connectivity index (χ1) is 14.3. The van der Waals surface area contributed by atoms with E-state index in [1.807, 2.05) is 30.3 Å². The number of nitrogens with zero attached hydrogens (tertiary/aromatic N) is 1. The molecule has 0 bridgehead atoms. The maximum atomic E-state index is 12.6. The number of sulfonamides is 1. The smallest absolute Gasteiger partial charge is 0.269 e. The van der Waals surface area contributed by atoms with Gasteiger partial charge >= 0.3 is 0 Å². The summed E-state index contributed by atoms with van der Waals surface area (Å²) in [6.45, 7) is 5.97. The Morgan fingerprint density at radius 3 is 2.30 bits per heavy atom. The van der Waals surface area contributed by atoms with Crippen molar-refractivity contribution in [1.29, 1.82) is 0 Å². The number of hydrogen-bond donors (Lipinski definition) is 2. The van der Waals surface area contributed by atoms with E-state index in [0.717, 1.165) is 5.56 Å². The van der Waals surface area contributed by atoms with Crippen molar-refractivity contribution in [3.05, 3.63) is 65.7 Å². The summed E-state index contributed by atoms with van der Waals surface area (Å²) in [7, 11) is -3.69. The van der Waals surface area contributed by atoms with Gasteiger partial charge in [0.15, 0.2) is 0 Å². The number of rotatable bonds is 9. The van der Waals surface area contributed by atoms with Crippen LogP contribution in [-0.2, 0) is 26.2 Å². The zero-order valence-electron chi connectivity index (χ0n) is 17.3. The highest BCUT2D eigenvalue weighted by Crippen LogP contribution is 2.17. The summed E-state index contributed by atoms with van der Waals surface area (Å²) < 4.78 is 32.0. The minimum atomic E-state index is -3.69. The Morgan fingerprint density at radius 2 is 1.67 bits per heavy atom. The molecule has 0 aliphatic carbocycles. The van der Waals surface area contributed by atoms with Gasteiger partial charge in [0.2, 0.25) is 10.0 Å². The van der Waals surface area contributed by atoms with E-state index in [1.165, 1.54) is 28.6 Å². The molecule has 0 aromatic heterocycles. The van der Waals surface area contributed by atoms with E-state index in [1.54, 1.807) is 20.8 Å². The Balaban J connectivity index is 1.95. The highest BCUT2D eigenvalue weighted by Gasteiger charge is 2.23. The Morgan fingerprint density at radius 1 is 1.00 bits per heavy atom. The zero-order valence-corrected chi connectivity index (χ0v) is 18.1. The molecule has 0 fully saturated rings. The lowest BCUT2D eigenvalue weighted by atomic mass is 10.2. The van der Waals surface area contributed by atoms with Crippen molar-refractivity contribution >= 4 is 21.8 Å². The second kappa shape index (κ2) is 10.9. The molecule has 0 aliphatic rings. The van der Waals surface area contributed by atoms with Gasteiger partial charge in [-0.1, -0.05) is 50.2 Å². The normalized spacial score (nSPS) is 12.4. The molecule has 162 valence electrons. The van der Waals surface area contributed by atoms with Crippen molar-refractivity contribution in [2.45, 2.75) is 38.4 Å². The molecule has 2 rings (SSSR count). The number of ether oxygens (including phenoxy) is 1. The standard InChI is InChI=1S/C21H27N3O5S/c1-4-24(5-2)30(27,28)19-13-9-12-18(14-19)21(26)23-22-20(25)16(3)29-15-17-10-7-6-8-11-17/h6-14,16H,4-5,15H2,1-3H3,(H,22,25)(H,23,26). The molecule has 2 aromatic carbocycles. The lowest BCUT2D eigenvalue weighted by Gasteiger charge is -2.19. The van der Waals surface area contributed by atoms with Gasteiger partial charge in [0, 0.05) is 18.7 Å². The molecular formula is C21H27N3O5S. The fourth-order valence-electron chi connectivity index (χ4n) is 2.67. The highest BCUT2D eigenvalue weighted by molar-refractivity contribution is 7.89. The highest BCUT2D eigenvalue weighted by atomic mass is 32.2. The topological polar surface area (TPSA) is 105 Å². The van der Waals surface area contributed by atoms with Crippen molar-refractivity contribution in [2.24, 2.45) is 0 Å². The summed E-state index contributed by atoms with van der Waals surface area (Å²) in [5.41, 5.74) is 5.62. The van der Waals surface area contributed by atoms with Gasteiger partial charge in [-0.15, -0.1) is 0 Å². The third kappa shape index (κ3) is 6.12. The van der Waals surface area contributed by atoms with Crippen LogP contribution in [0, 0.1) is 0 Å². The first-order valence-corrected chi connectivity index (χ1v) is 11.1. The summed E-state index contributed by atoms with van der Waals surface area (Å²) in [5.74, 6) is -1.15. The van der Waals surface area contributed by atoms with E-state index in [9.17, 15) is 18.0 Å². The first kappa shape index (κ1) is 23.5. The van der Waals surface area contributed by atoms with Gasteiger partial charge in [-0.25, -0.2) is 8.42 Å². The number of carbonyl (C=O) groups excluding carboxylic acids is 2. The Bertz CT molecular complexity index is 960. The van der Waals surface area contributed by atoms with Gasteiger partial charge in [-0.05, 0) is 30.7 Å². The maximum absolute atomic E-state index is 12.6. The van der Waals surface area contributed by atoms with Crippen LogP contribution in [0.25, 0.3) is 0 Å². The van der Waals surface area contributed by atoms with Crippen molar-refractivity contribution in [1.82, 2.24) is 15.2 Å². The number of nitrogens with one attached hydrogen (secondary N) is 2. The summed E-state index contributed by atoms with van der Waals surface area (Å²) in [6, 6.07) is 15.1. The first-order valence-electron chi connectivity index (χ1n) is 9.65. The zero-order chi connectivity index (χ0) is 22.1. The Hall–Kier alpha value is -2.75. The van der Waals surface area contributed by atoms with Crippen LogP contribution in [0.4, 0.5) is 0 Å². The molecule has 0 spiro atoms.